The fraction of sp³-hybridized carbons (Fsp3) is 0.231. The number of carbonyl (C=O) groups is 1. The lowest BCUT2D eigenvalue weighted by Crippen LogP contribution is -2.24. The van der Waals surface area contributed by atoms with Gasteiger partial charge in [0, 0.05) is 17.6 Å². The van der Waals surface area contributed by atoms with Gasteiger partial charge in [0.2, 0.25) is 5.91 Å². The summed E-state index contributed by atoms with van der Waals surface area (Å²) in [4.78, 5) is 12.3. The number of benzene rings is 1. The van der Waals surface area contributed by atoms with Crippen molar-refractivity contribution in [1.29, 1.82) is 5.41 Å². The third kappa shape index (κ3) is 3.18. The van der Waals surface area contributed by atoms with E-state index in [1.54, 1.807) is 41.5 Å². The maximum Gasteiger partial charge on any atom is 0.244 e. The number of anilines is 1. The molecule has 0 spiro atoms. The van der Waals surface area contributed by atoms with E-state index >= 15 is 0 Å². The Morgan fingerprint density at radius 1 is 1.40 bits per heavy atom. The summed E-state index contributed by atoms with van der Waals surface area (Å²) in [5, 5.41) is 12.1. The molecule has 0 aliphatic rings. The SMILES string of the molecule is COc1ccc(OC)c(NC(=O)Cn2ccsc2=N)c1. The van der Waals surface area contributed by atoms with E-state index in [2.05, 4.69) is 5.32 Å². The van der Waals surface area contributed by atoms with E-state index in [0.717, 1.165) is 0 Å². The molecule has 2 rings (SSSR count). The predicted molar refractivity (Wildman–Crippen MR) is 76.3 cm³/mol. The second kappa shape index (κ2) is 6.25. The average Bonchev–Trinajstić information content (AvgIpc) is 2.84. The number of thiazole rings is 1. The van der Waals surface area contributed by atoms with Crippen molar-refractivity contribution >= 4 is 22.9 Å². The lowest BCUT2D eigenvalue weighted by Gasteiger charge is -2.12. The largest absolute Gasteiger partial charge is 0.497 e. The van der Waals surface area contributed by atoms with Crippen LogP contribution in [0.2, 0.25) is 0 Å². The van der Waals surface area contributed by atoms with Crippen LogP contribution in [0.25, 0.3) is 0 Å². The normalized spacial score (nSPS) is 10.1. The minimum atomic E-state index is -0.228. The van der Waals surface area contributed by atoms with Gasteiger partial charge in [0.05, 0.1) is 19.9 Å². The number of carbonyl (C=O) groups excluding carboxylic acids is 1. The number of rotatable bonds is 5. The smallest absolute Gasteiger partial charge is 0.244 e. The third-order valence-corrected chi connectivity index (χ3v) is 3.39. The number of nitrogens with zero attached hydrogens (tertiary/aromatic N) is 1. The van der Waals surface area contributed by atoms with Crippen molar-refractivity contribution in [2.24, 2.45) is 0 Å². The highest BCUT2D eigenvalue weighted by molar-refractivity contribution is 7.06. The van der Waals surface area contributed by atoms with Gasteiger partial charge >= 0.3 is 0 Å². The minimum Gasteiger partial charge on any atom is -0.497 e. The summed E-state index contributed by atoms with van der Waals surface area (Å²) in [5.74, 6) is 0.958. The van der Waals surface area contributed by atoms with Crippen LogP contribution in [-0.4, -0.2) is 24.7 Å². The Morgan fingerprint density at radius 2 is 2.20 bits per heavy atom. The second-order valence-corrected chi connectivity index (χ2v) is 4.85. The van der Waals surface area contributed by atoms with Gasteiger partial charge in [-0.15, -0.1) is 11.3 Å². The van der Waals surface area contributed by atoms with Gasteiger partial charge in [-0.05, 0) is 12.1 Å². The van der Waals surface area contributed by atoms with E-state index in [9.17, 15) is 4.79 Å². The molecule has 2 aromatic rings. The first-order valence-electron chi connectivity index (χ1n) is 5.84. The number of aromatic nitrogens is 1. The topological polar surface area (TPSA) is 76.3 Å². The monoisotopic (exact) mass is 293 g/mol. The number of amides is 1. The van der Waals surface area contributed by atoms with Gasteiger partial charge in [-0.1, -0.05) is 0 Å². The van der Waals surface area contributed by atoms with Crippen molar-refractivity contribution in [1.82, 2.24) is 4.57 Å². The highest BCUT2D eigenvalue weighted by Crippen LogP contribution is 2.28. The van der Waals surface area contributed by atoms with Crippen LogP contribution in [0.1, 0.15) is 0 Å². The highest BCUT2D eigenvalue weighted by Gasteiger charge is 2.10. The van der Waals surface area contributed by atoms with Gasteiger partial charge in [-0.2, -0.15) is 0 Å². The Hall–Kier alpha value is -2.28. The molecule has 0 saturated carbocycles. The first-order chi connectivity index (χ1) is 9.63. The summed E-state index contributed by atoms with van der Waals surface area (Å²) in [6.07, 6.45) is 1.70. The van der Waals surface area contributed by atoms with Crippen LogP contribution in [0, 0.1) is 5.41 Å². The van der Waals surface area contributed by atoms with Gasteiger partial charge in [0.15, 0.2) is 4.80 Å². The van der Waals surface area contributed by atoms with Crippen molar-refractivity contribution < 1.29 is 14.3 Å². The molecule has 1 aromatic carbocycles. The Labute approximate surface area is 120 Å². The number of hydrogen-bond donors (Lipinski definition) is 2. The molecule has 6 nitrogen and oxygen atoms in total. The molecule has 2 N–H and O–H groups in total. The molecule has 106 valence electrons. The van der Waals surface area contributed by atoms with Crippen LogP contribution >= 0.6 is 11.3 Å². The van der Waals surface area contributed by atoms with Crippen molar-refractivity contribution in [3.8, 4) is 11.5 Å². The van der Waals surface area contributed by atoms with E-state index in [1.165, 1.54) is 18.4 Å². The number of methoxy groups -OCH3 is 2. The first kappa shape index (κ1) is 14.1. The molecule has 0 aliphatic carbocycles. The molecular weight excluding hydrogens is 278 g/mol. The molecule has 0 saturated heterocycles. The molecule has 0 aliphatic heterocycles. The summed E-state index contributed by atoms with van der Waals surface area (Å²) in [6, 6.07) is 5.17. The Balaban J connectivity index is 2.14. The third-order valence-electron chi connectivity index (χ3n) is 2.68. The molecule has 20 heavy (non-hydrogen) atoms. The van der Waals surface area contributed by atoms with E-state index < -0.39 is 0 Å². The van der Waals surface area contributed by atoms with E-state index in [1.807, 2.05) is 0 Å². The van der Waals surface area contributed by atoms with Crippen molar-refractivity contribution in [3.05, 3.63) is 34.6 Å². The van der Waals surface area contributed by atoms with Gasteiger partial charge in [-0.25, -0.2) is 0 Å². The van der Waals surface area contributed by atoms with Gasteiger partial charge in [0.25, 0.3) is 0 Å². The summed E-state index contributed by atoms with van der Waals surface area (Å²) < 4.78 is 11.9. The molecule has 0 bridgehead atoms. The molecule has 7 heteroatoms. The molecule has 0 unspecified atom stereocenters. The predicted octanol–water partition coefficient (Wildman–Crippen LogP) is 1.68. The van der Waals surface area contributed by atoms with E-state index in [-0.39, 0.29) is 12.5 Å². The highest BCUT2D eigenvalue weighted by atomic mass is 32.1. The Morgan fingerprint density at radius 3 is 2.80 bits per heavy atom. The first-order valence-corrected chi connectivity index (χ1v) is 6.72. The van der Waals surface area contributed by atoms with Crippen LogP contribution in [-0.2, 0) is 11.3 Å². The van der Waals surface area contributed by atoms with Gasteiger partial charge in [0.1, 0.15) is 18.0 Å². The van der Waals surface area contributed by atoms with Crippen LogP contribution in [0.15, 0.2) is 29.8 Å². The van der Waals surface area contributed by atoms with Crippen molar-refractivity contribution in [3.63, 3.8) is 0 Å². The minimum absolute atomic E-state index is 0.0860. The zero-order valence-corrected chi connectivity index (χ0v) is 12.0. The molecule has 1 amide bonds. The number of nitrogens with one attached hydrogen (secondary N) is 2. The van der Waals surface area contributed by atoms with Gasteiger partial charge < -0.3 is 19.4 Å². The lowest BCUT2D eigenvalue weighted by atomic mass is 10.2. The number of hydrogen-bond acceptors (Lipinski definition) is 5. The summed E-state index contributed by atoms with van der Waals surface area (Å²) in [5.41, 5.74) is 0.541. The summed E-state index contributed by atoms with van der Waals surface area (Å²) in [6.45, 7) is 0.0860. The zero-order chi connectivity index (χ0) is 14.5. The molecule has 1 aromatic heterocycles. The molecule has 1 heterocycles. The maximum atomic E-state index is 12.0. The molecular formula is C13H15N3O3S. The fourth-order valence-electron chi connectivity index (χ4n) is 1.68. The summed E-state index contributed by atoms with van der Waals surface area (Å²) >= 11 is 1.27. The molecule has 0 atom stereocenters. The molecule has 0 fully saturated rings. The van der Waals surface area contributed by atoms with Crippen LogP contribution in [0.5, 0.6) is 11.5 Å². The average molecular weight is 293 g/mol. The van der Waals surface area contributed by atoms with Crippen LogP contribution in [0.4, 0.5) is 5.69 Å². The standard InChI is InChI=1S/C13H15N3O3S/c1-18-9-3-4-11(19-2)10(7-9)15-12(17)8-16-5-6-20-13(16)14/h3-7,14H,8H2,1-2H3,(H,15,17). The number of ether oxygens (including phenoxy) is 2. The van der Waals surface area contributed by atoms with Crippen LogP contribution in [0.3, 0.4) is 0 Å². The quantitative estimate of drug-likeness (QED) is 0.880. The van der Waals surface area contributed by atoms with E-state index in [0.29, 0.717) is 22.0 Å². The Kier molecular flexibility index (Phi) is 4.41. The van der Waals surface area contributed by atoms with Gasteiger partial charge in [-0.3, -0.25) is 10.2 Å². The summed E-state index contributed by atoms with van der Waals surface area (Å²) in [7, 11) is 3.09. The fourth-order valence-corrected chi connectivity index (χ4v) is 2.28. The zero-order valence-electron chi connectivity index (χ0n) is 11.2. The van der Waals surface area contributed by atoms with Crippen LogP contribution < -0.4 is 19.6 Å². The van der Waals surface area contributed by atoms with Crippen molar-refractivity contribution in [2.75, 3.05) is 19.5 Å². The molecule has 0 radical (unpaired) electrons. The maximum absolute atomic E-state index is 12.0. The van der Waals surface area contributed by atoms with Crippen molar-refractivity contribution in [2.45, 2.75) is 6.54 Å². The lowest BCUT2D eigenvalue weighted by molar-refractivity contribution is -0.116. The van der Waals surface area contributed by atoms with E-state index in [4.69, 9.17) is 14.9 Å². The Bertz CT molecular complexity index is 663. The second-order valence-electron chi connectivity index (χ2n) is 3.95.